The lowest BCUT2D eigenvalue weighted by Gasteiger charge is -2.27. The molecule has 2 saturated carbocycles. The number of hydrogen-bond donors (Lipinski definition) is 2. The number of nitrogens with one attached hydrogen (secondary N) is 1. The second-order valence-corrected chi connectivity index (χ2v) is 12.2. The molecule has 0 radical (unpaired) electrons. The molecule has 192 valence electrons. The summed E-state index contributed by atoms with van der Waals surface area (Å²) in [6, 6.07) is 15.8. The van der Waals surface area contributed by atoms with Gasteiger partial charge in [-0.05, 0) is 74.6 Å². The Labute approximate surface area is 224 Å². The lowest BCUT2D eigenvalue weighted by atomic mass is 9.86. The number of aromatic nitrogens is 1. The molecule has 3 N–H and O–H groups in total. The standard InChI is InChI=1S/C31H40BrN3O/c1-21-6-5-9-23(16-21)28(18-31(36)34-26-13-11-25(33)12-14-26)29-20-35(19-22-7-3-2-4-8-22)30-17-24(32)10-15-27(29)30/h5-6,9-10,15-17,20,22,25-26,28H,2-4,7-8,11-14,18-19,33H2,1H3,(H,34,36). The molecule has 4 nitrogen and oxygen atoms in total. The van der Waals surface area contributed by atoms with Gasteiger partial charge in [-0.1, -0.05) is 71.1 Å². The van der Waals surface area contributed by atoms with Crippen LogP contribution in [0, 0.1) is 12.8 Å². The van der Waals surface area contributed by atoms with Crippen molar-refractivity contribution >= 4 is 32.7 Å². The summed E-state index contributed by atoms with van der Waals surface area (Å²) in [7, 11) is 0. The minimum atomic E-state index is 0.0204. The quantitative estimate of drug-likeness (QED) is 0.327. The van der Waals surface area contributed by atoms with Gasteiger partial charge in [0.1, 0.15) is 0 Å². The summed E-state index contributed by atoms with van der Waals surface area (Å²) >= 11 is 3.71. The van der Waals surface area contributed by atoms with Crippen molar-refractivity contribution in [3.8, 4) is 0 Å². The third-order valence-electron chi connectivity index (χ3n) is 8.40. The molecule has 5 rings (SSSR count). The molecule has 2 aromatic carbocycles. The van der Waals surface area contributed by atoms with Crippen molar-refractivity contribution in [1.82, 2.24) is 9.88 Å². The first-order valence-electron chi connectivity index (χ1n) is 13.9. The van der Waals surface area contributed by atoms with Crippen molar-refractivity contribution in [3.63, 3.8) is 0 Å². The molecule has 0 spiro atoms. The fourth-order valence-electron chi connectivity index (χ4n) is 6.40. The van der Waals surface area contributed by atoms with E-state index < -0.39 is 0 Å². The van der Waals surface area contributed by atoms with E-state index in [0.717, 1.165) is 42.6 Å². The number of carbonyl (C=O) groups is 1. The average molecular weight is 551 g/mol. The Hall–Kier alpha value is -2.11. The van der Waals surface area contributed by atoms with Crippen LogP contribution in [0.2, 0.25) is 0 Å². The molecule has 2 aliphatic rings. The summed E-state index contributed by atoms with van der Waals surface area (Å²) in [5, 5.41) is 4.61. The minimum absolute atomic E-state index is 0.0204. The van der Waals surface area contributed by atoms with Gasteiger partial charge in [-0.3, -0.25) is 4.79 Å². The topological polar surface area (TPSA) is 60.1 Å². The molecule has 0 aliphatic heterocycles. The zero-order valence-electron chi connectivity index (χ0n) is 21.5. The molecular formula is C31H40BrN3O. The van der Waals surface area contributed by atoms with E-state index >= 15 is 0 Å². The molecule has 1 heterocycles. The van der Waals surface area contributed by atoms with E-state index in [4.69, 9.17) is 5.73 Å². The van der Waals surface area contributed by atoms with E-state index in [9.17, 15) is 4.79 Å². The van der Waals surface area contributed by atoms with Crippen LogP contribution < -0.4 is 11.1 Å². The van der Waals surface area contributed by atoms with Crippen LogP contribution >= 0.6 is 15.9 Å². The van der Waals surface area contributed by atoms with Crippen LogP contribution in [0.1, 0.15) is 86.8 Å². The van der Waals surface area contributed by atoms with Gasteiger partial charge in [0.15, 0.2) is 0 Å². The average Bonchev–Trinajstić information content (AvgIpc) is 3.21. The Bertz CT molecular complexity index is 1190. The van der Waals surface area contributed by atoms with Crippen LogP contribution in [0.4, 0.5) is 0 Å². The zero-order valence-corrected chi connectivity index (χ0v) is 23.1. The lowest BCUT2D eigenvalue weighted by Crippen LogP contribution is -2.40. The molecule has 1 unspecified atom stereocenters. The monoisotopic (exact) mass is 549 g/mol. The van der Waals surface area contributed by atoms with Crippen molar-refractivity contribution in [2.75, 3.05) is 0 Å². The molecule has 1 aromatic heterocycles. The Kier molecular flexibility index (Phi) is 8.17. The number of carbonyl (C=O) groups excluding carboxylic acids is 1. The summed E-state index contributed by atoms with van der Waals surface area (Å²) in [4.78, 5) is 13.4. The fourth-order valence-corrected chi connectivity index (χ4v) is 6.75. The van der Waals surface area contributed by atoms with Crippen molar-refractivity contribution in [1.29, 1.82) is 0 Å². The number of rotatable bonds is 7. The number of aryl methyl sites for hydroxylation is 1. The smallest absolute Gasteiger partial charge is 0.221 e. The Morgan fingerprint density at radius 1 is 1.06 bits per heavy atom. The molecular weight excluding hydrogens is 510 g/mol. The number of nitrogens with two attached hydrogens (primary N) is 1. The van der Waals surface area contributed by atoms with Crippen LogP contribution in [0.3, 0.4) is 0 Å². The van der Waals surface area contributed by atoms with E-state index in [1.54, 1.807) is 0 Å². The summed E-state index contributed by atoms with van der Waals surface area (Å²) in [5.74, 6) is 0.902. The van der Waals surface area contributed by atoms with Gasteiger partial charge < -0.3 is 15.6 Å². The molecule has 2 aliphatic carbocycles. The van der Waals surface area contributed by atoms with E-state index in [1.165, 1.54) is 59.7 Å². The van der Waals surface area contributed by atoms with Crippen molar-refractivity contribution in [2.24, 2.45) is 11.7 Å². The van der Waals surface area contributed by atoms with Gasteiger partial charge in [-0.25, -0.2) is 0 Å². The highest BCUT2D eigenvalue weighted by atomic mass is 79.9. The highest BCUT2D eigenvalue weighted by Crippen LogP contribution is 2.37. The van der Waals surface area contributed by atoms with Crippen molar-refractivity contribution in [3.05, 3.63) is 69.8 Å². The SMILES string of the molecule is Cc1cccc(C(CC(=O)NC2CCC(N)CC2)c2cn(CC3CCCCC3)c3cc(Br)ccc23)c1. The van der Waals surface area contributed by atoms with Crippen LogP contribution in [0.5, 0.6) is 0 Å². The number of nitrogens with zero attached hydrogens (tertiary/aromatic N) is 1. The van der Waals surface area contributed by atoms with E-state index in [1.807, 2.05) is 0 Å². The molecule has 2 fully saturated rings. The Morgan fingerprint density at radius 3 is 2.58 bits per heavy atom. The van der Waals surface area contributed by atoms with Crippen LogP contribution in [-0.2, 0) is 11.3 Å². The van der Waals surface area contributed by atoms with Gasteiger partial charge in [0.25, 0.3) is 0 Å². The highest BCUT2D eigenvalue weighted by molar-refractivity contribution is 9.10. The molecule has 0 saturated heterocycles. The number of amides is 1. The highest BCUT2D eigenvalue weighted by Gasteiger charge is 2.26. The van der Waals surface area contributed by atoms with Crippen molar-refractivity contribution in [2.45, 2.75) is 95.7 Å². The van der Waals surface area contributed by atoms with Crippen LogP contribution in [0.15, 0.2) is 53.1 Å². The first kappa shape index (κ1) is 25.5. The van der Waals surface area contributed by atoms with Gasteiger partial charge in [-0.2, -0.15) is 0 Å². The molecule has 36 heavy (non-hydrogen) atoms. The normalized spacial score (nSPS) is 22.0. The molecule has 0 bridgehead atoms. The predicted octanol–water partition coefficient (Wildman–Crippen LogP) is 7.20. The number of benzene rings is 2. The number of halogens is 1. The van der Waals surface area contributed by atoms with E-state index in [0.29, 0.717) is 6.42 Å². The maximum atomic E-state index is 13.4. The second-order valence-electron chi connectivity index (χ2n) is 11.3. The summed E-state index contributed by atoms with van der Waals surface area (Å²) in [5.41, 5.74) is 11.1. The summed E-state index contributed by atoms with van der Waals surface area (Å²) < 4.78 is 3.57. The largest absolute Gasteiger partial charge is 0.353 e. The second kappa shape index (κ2) is 11.5. The van der Waals surface area contributed by atoms with Gasteiger partial charge in [0.2, 0.25) is 5.91 Å². The summed E-state index contributed by atoms with van der Waals surface area (Å²) in [6.45, 7) is 3.19. The number of hydrogen-bond acceptors (Lipinski definition) is 2. The Balaban J connectivity index is 1.48. The molecule has 3 aromatic rings. The maximum Gasteiger partial charge on any atom is 0.221 e. The van der Waals surface area contributed by atoms with Crippen LogP contribution in [-0.4, -0.2) is 22.6 Å². The van der Waals surface area contributed by atoms with E-state index in [2.05, 4.69) is 81.4 Å². The number of fused-ring (bicyclic) bond motifs is 1. The van der Waals surface area contributed by atoms with Gasteiger partial charge in [0.05, 0.1) is 0 Å². The van der Waals surface area contributed by atoms with Crippen molar-refractivity contribution < 1.29 is 4.79 Å². The summed E-state index contributed by atoms with van der Waals surface area (Å²) in [6.07, 6.45) is 13.5. The molecule has 1 atom stereocenters. The van der Waals surface area contributed by atoms with Gasteiger partial charge in [0, 0.05) is 52.5 Å². The first-order chi connectivity index (χ1) is 17.5. The van der Waals surface area contributed by atoms with Gasteiger partial charge >= 0.3 is 0 Å². The molecule has 1 amide bonds. The Morgan fingerprint density at radius 2 is 1.83 bits per heavy atom. The third kappa shape index (κ3) is 6.06. The minimum Gasteiger partial charge on any atom is -0.353 e. The predicted molar refractivity (Wildman–Crippen MR) is 152 cm³/mol. The first-order valence-corrected chi connectivity index (χ1v) is 14.7. The lowest BCUT2D eigenvalue weighted by molar-refractivity contribution is -0.122. The maximum absolute atomic E-state index is 13.4. The third-order valence-corrected chi connectivity index (χ3v) is 8.89. The molecule has 5 heteroatoms. The van der Waals surface area contributed by atoms with Crippen LogP contribution in [0.25, 0.3) is 10.9 Å². The van der Waals surface area contributed by atoms with E-state index in [-0.39, 0.29) is 23.9 Å². The fraction of sp³-hybridized carbons (Fsp3) is 0.516. The zero-order chi connectivity index (χ0) is 25.1. The van der Waals surface area contributed by atoms with Gasteiger partial charge in [-0.15, -0.1) is 0 Å².